The van der Waals surface area contributed by atoms with Crippen LogP contribution >= 0.6 is 0 Å². The lowest BCUT2D eigenvalue weighted by molar-refractivity contribution is 0.101. The van der Waals surface area contributed by atoms with Crippen LogP contribution in [0.3, 0.4) is 0 Å². The first-order chi connectivity index (χ1) is 16.6. The van der Waals surface area contributed by atoms with Crippen LogP contribution in [0.25, 0.3) is 33.2 Å². The van der Waals surface area contributed by atoms with Crippen LogP contribution in [0.5, 0.6) is 17.2 Å². The van der Waals surface area contributed by atoms with Crippen molar-refractivity contribution in [1.29, 1.82) is 0 Å². The van der Waals surface area contributed by atoms with E-state index in [9.17, 15) is 4.79 Å². The normalized spacial score (nSPS) is 10.9. The number of methoxy groups -OCH3 is 3. The van der Waals surface area contributed by atoms with E-state index in [0.717, 1.165) is 22.0 Å². The Balaban J connectivity index is 1.63. The van der Waals surface area contributed by atoms with E-state index < -0.39 is 0 Å². The summed E-state index contributed by atoms with van der Waals surface area (Å²) in [4.78, 5) is 22.6. The third-order valence-corrected chi connectivity index (χ3v) is 5.60. The number of nitrogens with zero attached hydrogens (tertiary/aromatic N) is 3. The Kier molecular flexibility index (Phi) is 5.47. The number of rotatable bonds is 6. The van der Waals surface area contributed by atoms with Crippen molar-refractivity contribution >= 4 is 27.8 Å². The first-order valence-electron chi connectivity index (χ1n) is 10.6. The minimum atomic E-state index is -0.282. The van der Waals surface area contributed by atoms with Gasteiger partial charge in [-0.25, -0.2) is 14.6 Å². The number of carbonyl (C=O) groups excluding carboxylic acids is 1. The van der Waals surface area contributed by atoms with Gasteiger partial charge in [0, 0.05) is 10.9 Å². The Morgan fingerprint density at radius 2 is 1.53 bits per heavy atom. The van der Waals surface area contributed by atoms with E-state index >= 15 is 0 Å². The van der Waals surface area contributed by atoms with E-state index in [1.165, 1.54) is 0 Å². The SMILES string of the molecule is COc1cc(-c2cc(C(=O)Nn3cnc4ccccc43)c3ccccc3n2)cc(OC)c1OC. The van der Waals surface area contributed by atoms with Crippen LogP contribution in [-0.4, -0.2) is 41.9 Å². The molecule has 170 valence electrons. The van der Waals surface area contributed by atoms with Gasteiger partial charge in [-0.1, -0.05) is 30.3 Å². The average Bonchev–Trinajstić information content (AvgIpc) is 3.29. The average molecular weight is 454 g/mol. The first kappa shape index (κ1) is 21.3. The van der Waals surface area contributed by atoms with Gasteiger partial charge in [-0.05, 0) is 36.4 Å². The standard InChI is InChI=1S/C26H22N4O4/c1-32-23-12-16(13-24(33-2)25(23)34-3)21-14-18(17-8-4-5-9-19(17)28-21)26(31)29-30-15-27-20-10-6-7-11-22(20)30/h4-15H,1-3H3,(H,29,31). The summed E-state index contributed by atoms with van der Waals surface area (Å²) >= 11 is 0. The molecule has 1 amide bonds. The summed E-state index contributed by atoms with van der Waals surface area (Å²) in [5.74, 6) is 1.21. The molecular weight excluding hydrogens is 432 g/mol. The molecule has 1 N–H and O–H groups in total. The Morgan fingerprint density at radius 1 is 0.853 bits per heavy atom. The smallest absolute Gasteiger partial charge is 0.270 e. The van der Waals surface area contributed by atoms with Gasteiger partial charge in [-0.3, -0.25) is 10.2 Å². The summed E-state index contributed by atoms with van der Waals surface area (Å²) in [5.41, 5.74) is 7.02. The molecule has 0 unspecified atom stereocenters. The summed E-state index contributed by atoms with van der Waals surface area (Å²) < 4.78 is 18.0. The van der Waals surface area contributed by atoms with E-state index in [4.69, 9.17) is 19.2 Å². The molecule has 8 heteroatoms. The maximum absolute atomic E-state index is 13.4. The maximum atomic E-state index is 13.4. The fourth-order valence-corrected chi connectivity index (χ4v) is 3.96. The van der Waals surface area contributed by atoms with Gasteiger partial charge in [-0.15, -0.1) is 0 Å². The predicted molar refractivity (Wildman–Crippen MR) is 130 cm³/mol. The fourth-order valence-electron chi connectivity index (χ4n) is 3.96. The van der Waals surface area contributed by atoms with Crippen LogP contribution in [0.2, 0.25) is 0 Å². The van der Waals surface area contributed by atoms with Gasteiger partial charge in [0.2, 0.25) is 5.75 Å². The lowest BCUT2D eigenvalue weighted by atomic mass is 10.0. The van der Waals surface area contributed by atoms with Crippen LogP contribution in [-0.2, 0) is 0 Å². The van der Waals surface area contributed by atoms with Gasteiger partial charge in [0.05, 0.1) is 49.1 Å². The first-order valence-corrected chi connectivity index (χ1v) is 10.6. The molecule has 0 aliphatic rings. The molecule has 0 aliphatic heterocycles. The molecule has 0 bridgehead atoms. The number of pyridine rings is 1. The highest BCUT2D eigenvalue weighted by molar-refractivity contribution is 6.11. The van der Waals surface area contributed by atoms with Crippen molar-refractivity contribution in [3.8, 4) is 28.5 Å². The molecule has 34 heavy (non-hydrogen) atoms. The van der Waals surface area contributed by atoms with Crippen molar-refractivity contribution in [3.05, 3.63) is 78.6 Å². The second kappa shape index (κ2) is 8.74. The number of nitrogens with one attached hydrogen (secondary N) is 1. The molecular formula is C26H22N4O4. The molecule has 0 aliphatic carbocycles. The van der Waals surface area contributed by atoms with E-state index in [2.05, 4.69) is 10.4 Å². The Labute approximate surface area is 195 Å². The van der Waals surface area contributed by atoms with Crippen molar-refractivity contribution in [3.63, 3.8) is 0 Å². The number of para-hydroxylation sites is 3. The van der Waals surface area contributed by atoms with E-state index in [1.807, 2.05) is 60.7 Å². The molecule has 0 spiro atoms. The largest absolute Gasteiger partial charge is 0.493 e. The Morgan fingerprint density at radius 3 is 2.24 bits per heavy atom. The van der Waals surface area contributed by atoms with Gasteiger partial charge in [0.1, 0.15) is 6.33 Å². The minimum absolute atomic E-state index is 0.282. The molecule has 5 aromatic rings. The van der Waals surface area contributed by atoms with Crippen molar-refractivity contribution in [2.75, 3.05) is 26.8 Å². The minimum Gasteiger partial charge on any atom is -0.493 e. The molecule has 0 fully saturated rings. The maximum Gasteiger partial charge on any atom is 0.270 e. The van der Waals surface area contributed by atoms with Crippen LogP contribution in [0, 0.1) is 0 Å². The third-order valence-electron chi connectivity index (χ3n) is 5.60. The zero-order valence-corrected chi connectivity index (χ0v) is 18.9. The number of ether oxygens (including phenoxy) is 3. The summed E-state index contributed by atoms with van der Waals surface area (Å²) in [5, 5.41) is 0.737. The second-order valence-corrected chi connectivity index (χ2v) is 7.53. The Bertz CT molecular complexity index is 1500. The van der Waals surface area contributed by atoms with Gasteiger partial charge in [0.15, 0.2) is 11.5 Å². The van der Waals surface area contributed by atoms with E-state index in [0.29, 0.717) is 34.0 Å². The van der Waals surface area contributed by atoms with E-state index in [1.54, 1.807) is 38.4 Å². The van der Waals surface area contributed by atoms with Gasteiger partial charge in [0.25, 0.3) is 5.91 Å². The van der Waals surface area contributed by atoms with Crippen molar-refractivity contribution < 1.29 is 19.0 Å². The highest BCUT2D eigenvalue weighted by atomic mass is 16.5. The summed E-state index contributed by atoms with van der Waals surface area (Å²) in [7, 11) is 4.67. The number of amides is 1. The molecule has 8 nitrogen and oxygen atoms in total. The number of benzene rings is 3. The van der Waals surface area contributed by atoms with Crippen molar-refractivity contribution in [2.24, 2.45) is 0 Å². The highest BCUT2D eigenvalue weighted by Crippen LogP contribution is 2.41. The monoisotopic (exact) mass is 454 g/mol. The topological polar surface area (TPSA) is 87.5 Å². The molecule has 3 aromatic carbocycles. The quantitative estimate of drug-likeness (QED) is 0.402. The second-order valence-electron chi connectivity index (χ2n) is 7.53. The molecule has 0 saturated heterocycles. The molecule has 0 atom stereocenters. The number of hydrogen-bond donors (Lipinski definition) is 1. The van der Waals surface area contributed by atoms with Crippen LogP contribution in [0.15, 0.2) is 73.1 Å². The number of imidazole rings is 1. The fraction of sp³-hybridized carbons (Fsp3) is 0.115. The molecule has 0 saturated carbocycles. The number of hydrogen-bond acceptors (Lipinski definition) is 6. The summed E-state index contributed by atoms with van der Waals surface area (Å²) in [6, 6.07) is 20.5. The van der Waals surface area contributed by atoms with Gasteiger partial charge < -0.3 is 14.2 Å². The molecule has 5 rings (SSSR count). The van der Waals surface area contributed by atoms with Crippen LogP contribution in [0.1, 0.15) is 10.4 Å². The van der Waals surface area contributed by atoms with Gasteiger partial charge >= 0.3 is 0 Å². The number of carbonyl (C=O) groups is 1. The van der Waals surface area contributed by atoms with Crippen LogP contribution < -0.4 is 19.6 Å². The summed E-state index contributed by atoms with van der Waals surface area (Å²) in [6.45, 7) is 0. The van der Waals surface area contributed by atoms with Crippen molar-refractivity contribution in [2.45, 2.75) is 0 Å². The lowest BCUT2D eigenvalue weighted by Gasteiger charge is -2.15. The third kappa shape index (κ3) is 3.65. The van der Waals surface area contributed by atoms with Crippen molar-refractivity contribution in [1.82, 2.24) is 14.6 Å². The van der Waals surface area contributed by atoms with E-state index in [-0.39, 0.29) is 5.91 Å². The van der Waals surface area contributed by atoms with Gasteiger partial charge in [-0.2, -0.15) is 0 Å². The molecule has 0 radical (unpaired) electrons. The predicted octanol–water partition coefficient (Wildman–Crippen LogP) is 4.66. The molecule has 2 heterocycles. The summed E-state index contributed by atoms with van der Waals surface area (Å²) in [6.07, 6.45) is 1.59. The Hall–Kier alpha value is -4.59. The van der Waals surface area contributed by atoms with Crippen LogP contribution in [0.4, 0.5) is 0 Å². The number of fused-ring (bicyclic) bond motifs is 2. The molecule has 2 aromatic heterocycles. The highest BCUT2D eigenvalue weighted by Gasteiger charge is 2.18. The number of aromatic nitrogens is 3. The zero-order valence-electron chi connectivity index (χ0n) is 18.9. The zero-order chi connectivity index (χ0) is 23.7. The lowest BCUT2D eigenvalue weighted by Crippen LogP contribution is -2.22.